The highest BCUT2D eigenvalue weighted by Crippen LogP contribution is 2.18. The Kier molecular flexibility index (Phi) is 3.08. The van der Waals surface area contributed by atoms with Crippen LogP contribution in [0.4, 0.5) is 5.82 Å². The van der Waals surface area contributed by atoms with Crippen LogP contribution < -0.4 is 5.32 Å². The molecule has 0 radical (unpaired) electrons. The minimum absolute atomic E-state index is 0.745. The molecule has 0 atom stereocenters. The van der Waals surface area contributed by atoms with Crippen LogP contribution in [0.2, 0.25) is 0 Å². The normalized spacial score (nSPS) is 10.6. The van der Waals surface area contributed by atoms with Crippen molar-refractivity contribution in [2.24, 2.45) is 0 Å². The van der Waals surface area contributed by atoms with Gasteiger partial charge in [-0.25, -0.2) is 14.6 Å². The highest BCUT2D eigenvalue weighted by Gasteiger charge is 2.10. The van der Waals surface area contributed by atoms with Crippen molar-refractivity contribution >= 4 is 5.82 Å². The summed E-state index contributed by atoms with van der Waals surface area (Å²) < 4.78 is 1.79. The zero-order chi connectivity index (χ0) is 12.4. The molecule has 0 bridgehead atoms. The van der Waals surface area contributed by atoms with Crippen LogP contribution in [0.3, 0.4) is 0 Å². The molecular weight excluding hydrogens is 214 g/mol. The largest absolute Gasteiger partial charge is 0.370 e. The molecule has 0 saturated carbocycles. The maximum Gasteiger partial charge on any atom is 0.162 e. The molecule has 2 aromatic rings. The van der Waals surface area contributed by atoms with Gasteiger partial charge in [0, 0.05) is 18.3 Å². The van der Waals surface area contributed by atoms with Crippen molar-refractivity contribution in [1.82, 2.24) is 19.7 Å². The van der Waals surface area contributed by atoms with Crippen LogP contribution in [0.5, 0.6) is 0 Å². The molecule has 0 fully saturated rings. The van der Waals surface area contributed by atoms with Crippen LogP contribution in [-0.4, -0.2) is 26.3 Å². The fourth-order valence-corrected chi connectivity index (χ4v) is 1.70. The number of nitrogens with one attached hydrogen (secondary N) is 1. The molecule has 17 heavy (non-hydrogen) atoms. The molecule has 5 heteroatoms. The molecule has 0 aromatic carbocycles. The zero-order valence-corrected chi connectivity index (χ0v) is 10.7. The quantitative estimate of drug-likeness (QED) is 0.878. The van der Waals surface area contributed by atoms with Crippen molar-refractivity contribution in [1.29, 1.82) is 0 Å². The Bertz CT molecular complexity index is 530. The van der Waals surface area contributed by atoms with Gasteiger partial charge in [-0.05, 0) is 33.3 Å². The summed E-state index contributed by atoms with van der Waals surface area (Å²) in [5, 5.41) is 7.53. The number of hydrogen-bond acceptors (Lipinski definition) is 4. The minimum atomic E-state index is 0.745. The lowest BCUT2D eigenvalue weighted by atomic mass is 10.3. The van der Waals surface area contributed by atoms with Crippen molar-refractivity contribution in [2.75, 3.05) is 11.9 Å². The van der Waals surface area contributed by atoms with Gasteiger partial charge in [0.15, 0.2) is 5.82 Å². The van der Waals surface area contributed by atoms with Crippen molar-refractivity contribution in [3.05, 3.63) is 29.3 Å². The third-order valence-electron chi connectivity index (χ3n) is 2.50. The van der Waals surface area contributed by atoms with Gasteiger partial charge < -0.3 is 5.32 Å². The molecule has 1 N–H and O–H groups in total. The number of rotatable bonds is 3. The maximum absolute atomic E-state index is 4.45. The lowest BCUT2D eigenvalue weighted by molar-refractivity contribution is 0.817. The lowest BCUT2D eigenvalue weighted by Gasteiger charge is -2.11. The molecule has 0 spiro atoms. The van der Waals surface area contributed by atoms with Crippen molar-refractivity contribution < 1.29 is 0 Å². The van der Waals surface area contributed by atoms with Gasteiger partial charge in [-0.3, -0.25) is 0 Å². The number of nitrogens with zero attached hydrogens (tertiary/aromatic N) is 4. The van der Waals surface area contributed by atoms with E-state index in [2.05, 4.69) is 27.3 Å². The highest BCUT2D eigenvalue weighted by atomic mass is 15.3. The summed E-state index contributed by atoms with van der Waals surface area (Å²) in [4.78, 5) is 8.84. The second-order valence-corrected chi connectivity index (χ2v) is 4.06. The third kappa shape index (κ3) is 2.27. The first-order valence-electron chi connectivity index (χ1n) is 5.72. The van der Waals surface area contributed by atoms with Gasteiger partial charge in [-0.1, -0.05) is 0 Å². The van der Waals surface area contributed by atoms with Gasteiger partial charge in [0.25, 0.3) is 0 Å². The Morgan fingerprint density at radius 2 is 2.00 bits per heavy atom. The van der Waals surface area contributed by atoms with E-state index in [0.29, 0.717) is 0 Å². The van der Waals surface area contributed by atoms with E-state index in [1.807, 2.05) is 33.2 Å². The van der Waals surface area contributed by atoms with E-state index < -0.39 is 0 Å². The van der Waals surface area contributed by atoms with Gasteiger partial charge in [0.05, 0.1) is 6.20 Å². The second-order valence-electron chi connectivity index (χ2n) is 4.06. The van der Waals surface area contributed by atoms with Crippen LogP contribution in [0, 0.1) is 20.8 Å². The number of hydrogen-bond donors (Lipinski definition) is 1. The molecule has 0 aliphatic heterocycles. The standard InChI is InChI=1S/C12H17N5/c1-5-13-11-9(3)12(16-10(4)15-11)17-7-8(2)6-14-17/h6-7H,5H2,1-4H3,(H,13,15,16). The summed E-state index contributed by atoms with van der Waals surface area (Å²) in [6, 6.07) is 0. The summed E-state index contributed by atoms with van der Waals surface area (Å²) in [5.74, 6) is 2.46. The fraction of sp³-hybridized carbons (Fsp3) is 0.417. The first-order chi connectivity index (χ1) is 8.11. The van der Waals surface area contributed by atoms with E-state index in [9.17, 15) is 0 Å². The van der Waals surface area contributed by atoms with E-state index in [4.69, 9.17) is 0 Å². The second kappa shape index (κ2) is 4.53. The molecule has 2 rings (SSSR count). The van der Waals surface area contributed by atoms with Gasteiger partial charge in [0.1, 0.15) is 11.6 Å². The van der Waals surface area contributed by atoms with Crippen LogP contribution in [0.25, 0.3) is 5.82 Å². The van der Waals surface area contributed by atoms with Crippen molar-refractivity contribution in [2.45, 2.75) is 27.7 Å². The average Bonchev–Trinajstić information content (AvgIpc) is 2.70. The van der Waals surface area contributed by atoms with Crippen LogP contribution in [-0.2, 0) is 0 Å². The zero-order valence-electron chi connectivity index (χ0n) is 10.7. The first-order valence-corrected chi connectivity index (χ1v) is 5.72. The molecule has 90 valence electrons. The molecule has 0 aliphatic rings. The summed E-state index contributed by atoms with van der Waals surface area (Å²) in [6.45, 7) is 8.80. The Morgan fingerprint density at radius 3 is 2.59 bits per heavy atom. The third-order valence-corrected chi connectivity index (χ3v) is 2.50. The summed E-state index contributed by atoms with van der Waals surface area (Å²) in [5.41, 5.74) is 2.13. The van der Waals surface area contributed by atoms with E-state index >= 15 is 0 Å². The predicted octanol–water partition coefficient (Wildman–Crippen LogP) is 2.02. The SMILES string of the molecule is CCNc1nc(C)nc(-n2cc(C)cn2)c1C. The van der Waals surface area contributed by atoms with Gasteiger partial charge in [-0.15, -0.1) is 0 Å². The Hall–Kier alpha value is -1.91. The molecule has 2 aromatic heterocycles. The summed E-state index contributed by atoms with van der Waals surface area (Å²) in [6.07, 6.45) is 3.79. The van der Waals surface area contributed by atoms with Crippen LogP contribution in [0.1, 0.15) is 23.9 Å². The molecule has 5 nitrogen and oxygen atoms in total. The molecule has 0 saturated heterocycles. The van der Waals surface area contributed by atoms with E-state index in [0.717, 1.165) is 35.1 Å². The monoisotopic (exact) mass is 231 g/mol. The smallest absolute Gasteiger partial charge is 0.162 e. The summed E-state index contributed by atoms with van der Waals surface area (Å²) in [7, 11) is 0. The Balaban J connectivity index is 2.53. The highest BCUT2D eigenvalue weighted by molar-refractivity contribution is 5.51. The maximum atomic E-state index is 4.45. The van der Waals surface area contributed by atoms with E-state index in [1.54, 1.807) is 4.68 Å². The number of anilines is 1. The lowest BCUT2D eigenvalue weighted by Crippen LogP contribution is -2.10. The minimum Gasteiger partial charge on any atom is -0.370 e. The molecule has 0 unspecified atom stereocenters. The number of aromatic nitrogens is 4. The van der Waals surface area contributed by atoms with Crippen LogP contribution in [0.15, 0.2) is 12.4 Å². The van der Waals surface area contributed by atoms with Gasteiger partial charge in [-0.2, -0.15) is 5.10 Å². The predicted molar refractivity (Wildman–Crippen MR) is 67.5 cm³/mol. The van der Waals surface area contributed by atoms with E-state index in [-0.39, 0.29) is 0 Å². The van der Waals surface area contributed by atoms with Crippen molar-refractivity contribution in [3.63, 3.8) is 0 Å². The van der Waals surface area contributed by atoms with E-state index in [1.165, 1.54) is 0 Å². The number of aryl methyl sites for hydroxylation is 2. The molecular formula is C12H17N5. The molecule has 0 aliphatic carbocycles. The topological polar surface area (TPSA) is 55.6 Å². The fourth-order valence-electron chi connectivity index (χ4n) is 1.70. The van der Waals surface area contributed by atoms with Crippen molar-refractivity contribution in [3.8, 4) is 5.82 Å². The molecule has 0 amide bonds. The van der Waals surface area contributed by atoms with Gasteiger partial charge >= 0.3 is 0 Å². The van der Waals surface area contributed by atoms with Gasteiger partial charge in [0.2, 0.25) is 0 Å². The summed E-state index contributed by atoms with van der Waals surface area (Å²) >= 11 is 0. The first kappa shape index (κ1) is 11.6. The Labute approximate surface area is 101 Å². The van der Waals surface area contributed by atoms with Crippen LogP contribution >= 0.6 is 0 Å². The Morgan fingerprint density at radius 1 is 1.24 bits per heavy atom. The average molecular weight is 231 g/mol. The molecule has 2 heterocycles.